The van der Waals surface area contributed by atoms with Gasteiger partial charge in [0, 0.05) is 13.0 Å². The van der Waals surface area contributed by atoms with E-state index < -0.39 is 13.9 Å². The summed E-state index contributed by atoms with van der Waals surface area (Å²) in [4.78, 5) is 22.8. The maximum Gasteiger partial charge on any atom is 0.472 e. The molecule has 58 heavy (non-hydrogen) atoms. The van der Waals surface area contributed by atoms with Gasteiger partial charge in [0.15, 0.2) is 0 Å². The van der Waals surface area contributed by atoms with Gasteiger partial charge in [-0.05, 0) is 70.6 Å². The number of unbranched alkanes of at least 4 members (excludes halogenated alkanes) is 19. The van der Waals surface area contributed by atoms with Crippen LogP contribution in [-0.4, -0.2) is 75.6 Å². The summed E-state index contributed by atoms with van der Waals surface area (Å²) < 4.78 is 35.0. The number of quaternary nitrogens is 1. The lowest BCUT2D eigenvalue weighted by atomic mass is 10.0. The summed E-state index contributed by atoms with van der Waals surface area (Å²) in [6, 6.07) is 0. The number of hydrogen-bond donors (Lipinski definition) is 1. The van der Waals surface area contributed by atoms with Crippen molar-refractivity contribution in [2.75, 3.05) is 54.1 Å². The average Bonchev–Trinajstić information content (AvgIpc) is 3.18. The molecule has 8 nitrogen and oxygen atoms in total. The maximum atomic E-state index is 12.6. The molecule has 9 heteroatoms. The summed E-state index contributed by atoms with van der Waals surface area (Å²) in [6.07, 6.45) is 52.7. The number of rotatable bonds is 43. The van der Waals surface area contributed by atoms with Crippen molar-refractivity contribution in [1.29, 1.82) is 0 Å². The fourth-order valence-corrected chi connectivity index (χ4v) is 6.93. The van der Waals surface area contributed by atoms with Crippen LogP contribution in [0.3, 0.4) is 0 Å². The van der Waals surface area contributed by atoms with E-state index in [4.69, 9.17) is 18.5 Å². The standard InChI is InChI=1S/C49H90NO7P/c1-6-8-10-12-14-16-18-19-20-21-22-23-24-25-26-27-28-29-30-31-32-33-35-37-39-41-44-54-46-48(47-56-58(52,53)55-45-43-50(3,4)5)57-49(51)42-40-38-36-34-17-15-13-11-9-7-2/h8,10-11,13-14,16,19-20,22-23,48H,6-7,9,12,15,17-18,21,24-47H2,1-5H3/p+1/b10-8-,13-11-,16-14-,20-19-,23-22-. The summed E-state index contributed by atoms with van der Waals surface area (Å²) >= 11 is 0. The minimum absolute atomic E-state index is 0.0852. The molecule has 0 aliphatic heterocycles. The van der Waals surface area contributed by atoms with Crippen LogP contribution in [0.15, 0.2) is 60.8 Å². The largest absolute Gasteiger partial charge is 0.472 e. The minimum atomic E-state index is -4.28. The van der Waals surface area contributed by atoms with Gasteiger partial charge in [0.05, 0.1) is 34.4 Å². The van der Waals surface area contributed by atoms with Gasteiger partial charge in [-0.1, -0.05) is 171 Å². The highest BCUT2D eigenvalue weighted by Gasteiger charge is 2.26. The number of ether oxygens (including phenoxy) is 2. The van der Waals surface area contributed by atoms with Crippen LogP contribution in [0.1, 0.15) is 187 Å². The van der Waals surface area contributed by atoms with Crippen molar-refractivity contribution in [3.8, 4) is 0 Å². The molecular formula is C49H91NO7P+. The summed E-state index contributed by atoms with van der Waals surface area (Å²) in [5.41, 5.74) is 0. The Balaban J connectivity index is 4.04. The topological polar surface area (TPSA) is 91.3 Å². The van der Waals surface area contributed by atoms with E-state index in [-0.39, 0.29) is 25.8 Å². The molecule has 0 aliphatic rings. The first kappa shape index (κ1) is 56.2. The number of likely N-dealkylation sites (N-methyl/N-ethyl adjacent to an activating group) is 1. The number of phosphoric ester groups is 1. The molecule has 1 N–H and O–H groups in total. The molecule has 0 spiro atoms. The van der Waals surface area contributed by atoms with Crippen molar-refractivity contribution in [3.05, 3.63) is 60.8 Å². The van der Waals surface area contributed by atoms with E-state index in [1.807, 2.05) is 21.1 Å². The molecule has 2 unspecified atom stereocenters. The second kappa shape index (κ2) is 41.9. The number of carbonyl (C=O) groups excluding carboxylic acids is 1. The normalized spacial score (nSPS) is 14.2. The van der Waals surface area contributed by atoms with Crippen LogP contribution >= 0.6 is 7.82 Å². The Hall–Kier alpha value is -1.80. The van der Waals surface area contributed by atoms with Crippen LogP contribution in [0.5, 0.6) is 0 Å². The van der Waals surface area contributed by atoms with Gasteiger partial charge in [-0.2, -0.15) is 0 Å². The van der Waals surface area contributed by atoms with Gasteiger partial charge in [-0.3, -0.25) is 13.8 Å². The van der Waals surface area contributed by atoms with Gasteiger partial charge in [-0.25, -0.2) is 4.57 Å². The number of nitrogens with zero attached hydrogens (tertiary/aromatic N) is 1. The number of phosphoric acid groups is 1. The van der Waals surface area contributed by atoms with E-state index in [2.05, 4.69) is 74.6 Å². The Kier molecular flexibility index (Phi) is 40.6. The summed E-state index contributed by atoms with van der Waals surface area (Å²) in [7, 11) is 1.66. The third kappa shape index (κ3) is 45.3. The Morgan fingerprint density at radius 2 is 1.00 bits per heavy atom. The Morgan fingerprint density at radius 3 is 1.52 bits per heavy atom. The third-order valence-electron chi connectivity index (χ3n) is 9.79. The number of carbonyl (C=O) groups is 1. The van der Waals surface area contributed by atoms with E-state index in [0.29, 0.717) is 24.1 Å². The quantitative estimate of drug-likeness (QED) is 0.0215. The Labute approximate surface area is 358 Å². The molecule has 338 valence electrons. The average molecular weight is 837 g/mol. The van der Waals surface area contributed by atoms with Gasteiger partial charge in [0.2, 0.25) is 0 Å². The molecule has 2 atom stereocenters. The molecule has 0 rings (SSSR count). The van der Waals surface area contributed by atoms with Crippen molar-refractivity contribution in [2.45, 2.75) is 193 Å². The Morgan fingerprint density at radius 1 is 0.552 bits per heavy atom. The smallest absolute Gasteiger partial charge is 0.457 e. The molecule has 0 saturated carbocycles. The van der Waals surface area contributed by atoms with E-state index in [9.17, 15) is 14.3 Å². The first-order valence-corrected chi connectivity index (χ1v) is 25.0. The maximum absolute atomic E-state index is 12.6. The van der Waals surface area contributed by atoms with Crippen LogP contribution in [-0.2, 0) is 27.9 Å². The molecule has 0 bridgehead atoms. The van der Waals surface area contributed by atoms with Crippen molar-refractivity contribution >= 4 is 13.8 Å². The van der Waals surface area contributed by atoms with Gasteiger partial charge in [0.25, 0.3) is 0 Å². The molecule has 0 heterocycles. The van der Waals surface area contributed by atoms with E-state index in [1.54, 1.807) is 0 Å². The fraction of sp³-hybridized carbons (Fsp3) is 0.776. The molecule has 0 fully saturated rings. The van der Waals surface area contributed by atoms with E-state index in [0.717, 1.165) is 77.0 Å². The molecule has 0 aromatic carbocycles. The molecule has 0 aromatic rings. The van der Waals surface area contributed by atoms with E-state index in [1.165, 1.54) is 89.9 Å². The predicted octanol–water partition coefficient (Wildman–Crippen LogP) is 14.1. The number of allylic oxidation sites excluding steroid dienone is 10. The van der Waals surface area contributed by atoms with Gasteiger partial charge >= 0.3 is 13.8 Å². The highest BCUT2D eigenvalue weighted by atomic mass is 31.2. The summed E-state index contributed by atoms with van der Waals surface area (Å²) in [6.45, 7) is 5.43. The minimum Gasteiger partial charge on any atom is -0.457 e. The first-order valence-electron chi connectivity index (χ1n) is 23.5. The lowest BCUT2D eigenvalue weighted by molar-refractivity contribution is -0.870. The highest BCUT2D eigenvalue weighted by Crippen LogP contribution is 2.43. The molecule has 0 aromatic heterocycles. The van der Waals surface area contributed by atoms with Crippen LogP contribution in [0.2, 0.25) is 0 Å². The summed E-state index contributed by atoms with van der Waals surface area (Å²) in [5, 5.41) is 0. The van der Waals surface area contributed by atoms with Crippen LogP contribution in [0.25, 0.3) is 0 Å². The zero-order chi connectivity index (χ0) is 42.7. The van der Waals surface area contributed by atoms with Crippen LogP contribution in [0, 0.1) is 0 Å². The first-order chi connectivity index (χ1) is 28.1. The monoisotopic (exact) mass is 837 g/mol. The van der Waals surface area contributed by atoms with Crippen LogP contribution < -0.4 is 0 Å². The zero-order valence-corrected chi connectivity index (χ0v) is 39.2. The van der Waals surface area contributed by atoms with Gasteiger partial charge < -0.3 is 18.9 Å². The molecule has 0 radical (unpaired) electrons. The Bertz CT molecular complexity index is 1110. The third-order valence-corrected chi connectivity index (χ3v) is 10.8. The van der Waals surface area contributed by atoms with Crippen molar-refractivity contribution in [1.82, 2.24) is 0 Å². The SMILES string of the molecule is CC/C=C\C/C=C\C/C=C\C/C=C\CCCCCCCCCCCCCCCOCC(COP(=O)(O)OCC[N+](C)(C)C)OC(=O)CCCCCCC/C=C\CCC. The molecule has 0 saturated heterocycles. The lowest BCUT2D eigenvalue weighted by Gasteiger charge is -2.24. The second-order valence-corrected chi connectivity index (χ2v) is 18.2. The van der Waals surface area contributed by atoms with Gasteiger partial charge in [-0.15, -0.1) is 0 Å². The number of hydrogen-bond acceptors (Lipinski definition) is 6. The van der Waals surface area contributed by atoms with Gasteiger partial charge in [0.1, 0.15) is 19.3 Å². The predicted molar refractivity (Wildman–Crippen MR) is 247 cm³/mol. The van der Waals surface area contributed by atoms with Crippen molar-refractivity contribution < 1.29 is 37.3 Å². The lowest BCUT2D eigenvalue weighted by Crippen LogP contribution is -2.37. The second-order valence-electron chi connectivity index (χ2n) is 16.8. The fourth-order valence-electron chi connectivity index (χ4n) is 6.19. The molecule has 0 aliphatic carbocycles. The van der Waals surface area contributed by atoms with Crippen molar-refractivity contribution in [2.24, 2.45) is 0 Å². The molecule has 0 amide bonds. The number of esters is 1. The zero-order valence-electron chi connectivity index (χ0n) is 38.3. The summed E-state index contributed by atoms with van der Waals surface area (Å²) in [5.74, 6) is -0.327. The van der Waals surface area contributed by atoms with Crippen LogP contribution in [0.4, 0.5) is 0 Å². The van der Waals surface area contributed by atoms with Crippen molar-refractivity contribution in [3.63, 3.8) is 0 Å². The highest BCUT2D eigenvalue weighted by molar-refractivity contribution is 7.47. The molecular weight excluding hydrogens is 746 g/mol. The van der Waals surface area contributed by atoms with E-state index >= 15 is 0 Å².